The summed E-state index contributed by atoms with van der Waals surface area (Å²) in [6.45, 7) is -0.680. The average molecular weight is 1240 g/mol. The largest absolute Gasteiger partial charge is 0.502 e. The molecule has 0 saturated heterocycles. The van der Waals surface area contributed by atoms with Gasteiger partial charge >= 0.3 is 0 Å². The Morgan fingerprint density at radius 1 is 0.506 bits per heavy atom. The van der Waals surface area contributed by atoms with E-state index in [1.807, 2.05) is 0 Å². The summed E-state index contributed by atoms with van der Waals surface area (Å²) < 4.78 is 71.3. The molecule has 6 aliphatic heterocycles. The van der Waals surface area contributed by atoms with Gasteiger partial charge in [-0.15, -0.1) is 0 Å². The number of benzene rings is 3. The number of nitrogens with zero attached hydrogens (tertiary/aromatic N) is 9. The maximum atomic E-state index is 14.1. The molecule has 0 bridgehead atoms. The van der Waals surface area contributed by atoms with Crippen LogP contribution in [0.1, 0.15) is 115 Å². The van der Waals surface area contributed by atoms with Crippen LogP contribution in [0, 0.1) is 29.1 Å². The van der Waals surface area contributed by atoms with E-state index in [9.17, 15) is 95.7 Å². The van der Waals surface area contributed by atoms with Gasteiger partial charge in [0.2, 0.25) is 16.3 Å². The van der Waals surface area contributed by atoms with E-state index in [0.717, 1.165) is 28.9 Å². The second-order valence-corrected chi connectivity index (χ2v) is 21.0. The first-order chi connectivity index (χ1) is 41.1. The fraction of sp³-hybridized carbons (Fsp3) is 0.278. The Balaban J connectivity index is 0.000000145. The molecule has 3 aromatic carbocycles. The first-order valence-electron chi connectivity index (χ1n) is 25.9. The number of halogens is 6. The molecule has 27 nitrogen and oxygen atoms in total. The van der Waals surface area contributed by atoms with Gasteiger partial charge in [0.05, 0.1) is 41.7 Å². The van der Waals surface area contributed by atoms with Crippen molar-refractivity contribution in [3.8, 4) is 17.2 Å². The van der Waals surface area contributed by atoms with Crippen LogP contribution in [0.2, 0.25) is 5.02 Å². The van der Waals surface area contributed by atoms with Crippen LogP contribution >= 0.6 is 11.6 Å². The van der Waals surface area contributed by atoms with Crippen molar-refractivity contribution in [2.45, 2.75) is 37.9 Å². The zero-order valence-electron chi connectivity index (χ0n) is 45.4. The molecule has 3 atom stereocenters. The second kappa shape index (κ2) is 22.7. The van der Waals surface area contributed by atoms with Crippen molar-refractivity contribution in [1.82, 2.24) is 44.7 Å². The van der Waals surface area contributed by atoms with Crippen molar-refractivity contribution >= 4 is 47.0 Å². The zero-order valence-corrected chi connectivity index (χ0v) is 46.2. The third-order valence-corrected chi connectivity index (χ3v) is 15.2. The quantitative estimate of drug-likeness (QED) is 0.0673. The molecule has 9 heterocycles. The van der Waals surface area contributed by atoms with Crippen molar-refractivity contribution < 1.29 is 81.4 Å². The Bertz CT molecular complexity index is 4170. The van der Waals surface area contributed by atoms with Crippen LogP contribution in [0.4, 0.5) is 22.0 Å². The number of carbonyl (C=O) groups excluding carboxylic acids is 6. The van der Waals surface area contributed by atoms with Gasteiger partial charge in [-0.2, -0.15) is 0 Å². The van der Waals surface area contributed by atoms with Gasteiger partial charge in [-0.1, -0.05) is 29.8 Å². The highest BCUT2D eigenvalue weighted by Gasteiger charge is 2.46. The normalized spacial score (nSPS) is 17.5. The topological polar surface area (TPSA) is 345 Å². The van der Waals surface area contributed by atoms with Crippen LogP contribution in [0.5, 0.6) is 17.2 Å². The molecular formula is C54H48ClF5N12O15. The number of aliphatic hydroxyl groups is 3. The molecule has 12 rings (SSSR count). The molecule has 6 aliphatic rings. The summed E-state index contributed by atoms with van der Waals surface area (Å²) >= 11 is 5.63. The highest BCUT2D eigenvalue weighted by molar-refractivity contribution is 6.30. The first-order valence-corrected chi connectivity index (χ1v) is 26.3. The summed E-state index contributed by atoms with van der Waals surface area (Å²) in [5.74, 6) is -11.5. The number of nitrogens with one attached hydrogen (secondary N) is 3. The summed E-state index contributed by atoms with van der Waals surface area (Å²) in [5, 5.41) is 73.5. The Labute approximate surface area is 489 Å². The number of rotatable bonds is 9. The average Bonchev–Trinajstić information content (AvgIpc) is 1.68. The number of carbonyl (C=O) groups is 6. The predicted octanol–water partition coefficient (Wildman–Crippen LogP) is -0.115. The molecule has 0 spiro atoms. The van der Waals surface area contributed by atoms with Crippen molar-refractivity contribution in [2.75, 3.05) is 75.8 Å². The number of hydrogen-bond acceptors (Lipinski definition) is 18. The Hall–Kier alpha value is -10.1. The zero-order chi connectivity index (χ0) is 63.1. The van der Waals surface area contributed by atoms with Gasteiger partial charge in [-0.25, -0.2) is 36.0 Å². The third kappa shape index (κ3) is 10.3. The van der Waals surface area contributed by atoms with Gasteiger partial charge in [0.1, 0.15) is 84.1 Å². The molecule has 87 heavy (non-hydrogen) atoms. The summed E-state index contributed by atoms with van der Waals surface area (Å²) in [4.78, 5) is 117. The lowest BCUT2D eigenvalue weighted by Gasteiger charge is -2.35. The SMILES string of the molecule is CN1CN2CC(O)c3c(C(=O)NCc4c(F)ccc(Cl)c4F)c(=O)c(O)c(n32)C1=O.CN1CN2CC(O)c3c(C(=O)NCc4ccc(F)cc4)c(=O)c(O)c(n32)C1=O.CN1CN2CC(O)c3c(C(=O)NCc4ccc(F)cc4F)c(=O)c(O)c(n32)C1=O. The summed E-state index contributed by atoms with van der Waals surface area (Å²) in [6.07, 6.45) is -3.75. The number of aromatic hydroxyl groups is 3. The number of amides is 6. The molecule has 456 valence electrons. The molecule has 3 unspecified atom stereocenters. The maximum Gasteiger partial charge on any atom is 0.277 e. The van der Waals surface area contributed by atoms with E-state index in [2.05, 4.69) is 16.0 Å². The molecule has 0 saturated carbocycles. The van der Waals surface area contributed by atoms with E-state index >= 15 is 0 Å². The molecule has 6 aromatic rings. The van der Waals surface area contributed by atoms with Crippen LogP contribution in [0.3, 0.4) is 0 Å². The smallest absolute Gasteiger partial charge is 0.277 e. The molecule has 0 radical (unpaired) electrons. The second-order valence-electron chi connectivity index (χ2n) is 20.6. The third-order valence-electron chi connectivity index (χ3n) is 14.9. The van der Waals surface area contributed by atoms with Crippen LogP contribution in [-0.4, -0.2) is 156 Å². The monoisotopic (exact) mass is 1230 g/mol. The molecule has 6 amide bonds. The van der Waals surface area contributed by atoms with Crippen molar-refractivity contribution in [2.24, 2.45) is 0 Å². The van der Waals surface area contributed by atoms with Gasteiger partial charge in [-0.05, 0) is 35.9 Å². The summed E-state index contributed by atoms with van der Waals surface area (Å²) in [7, 11) is 4.43. The van der Waals surface area contributed by atoms with Gasteiger partial charge in [0.25, 0.3) is 35.4 Å². The Kier molecular flexibility index (Phi) is 15.7. The van der Waals surface area contributed by atoms with Crippen molar-refractivity contribution in [3.63, 3.8) is 0 Å². The van der Waals surface area contributed by atoms with Gasteiger partial charge in [-0.3, -0.25) is 58.2 Å². The van der Waals surface area contributed by atoms with Crippen LogP contribution in [0.25, 0.3) is 0 Å². The van der Waals surface area contributed by atoms with Crippen LogP contribution in [0.15, 0.2) is 69.0 Å². The number of aromatic nitrogens is 3. The molecule has 9 N–H and O–H groups in total. The van der Waals surface area contributed by atoms with E-state index in [0.29, 0.717) is 11.6 Å². The van der Waals surface area contributed by atoms with Gasteiger partial charge in [0.15, 0.2) is 34.3 Å². The number of aliphatic hydroxyl groups excluding tert-OH is 3. The number of hydrogen-bond donors (Lipinski definition) is 9. The van der Waals surface area contributed by atoms with E-state index in [4.69, 9.17) is 11.6 Å². The first kappa shape index (κ1) is 60.1. The fourth-order valence-corrected chi connectivity index (χ4v) is 10.9. The lowest BCUT2D eigenvalue weighted by atomic mass is 10.1. The van der Waals surface area contributed by atoms with Gasteiger partial charge < -0.3 is 61.3 Å². The minimum absolute atomic E-state index is 0.000381. The highest BCUT2D eigenvalue weighted by Crippen LogP contribution is 2.36. The lowest BCUT2D eigenvalue weighted by Crippen LogP contribution is -2.51. The molecule has 33 heteroatoms. The van der Waals surface area contributed by atoms with E-state index in [1.165, 1.54) is 79.5 Å². The van der Waals surface area contributed by atoms with Crippen molar-refractivity contribution in [3.05, 3.63) is 187 Å². The number of pyridine rings is 3. The minimum atomic E-state index is -1.31. The highest BCUT2D eigenvalue weighted by atomic mass is 35.5. The maximum absolute atomic E-state index is 14.1. The van der Waals surface area contributed by atoms with Gasteiger partial charge in [0, 0.05) is 58.0 Å². The van der Waals surface area contributed by atoms with Crippen LogP contribution < -0.4 is 47.3 Å². The summed E-state index contributed by atoms with van der Waals surface area (Å²) in [6, 6.07) is 10.2. The molecular weight excluding hydrogens is 1190 g/mol. The Morgan fingerprint density at radius 3 is 1.26 bits per heavy atom. The Morgan fingerprint density at radius 2 is 0.874 bits per heavy atom. The van der Waals surface area contributed by atoms with Crippen molar-refractivity contribution in [1.29, 1.82) is 0 Å². The van der Waals surface area contributed by atoms with E-state index < -0.39 is 145 Å². The summed E-state index contributed by atoms with van der Waals surface area (Å²) in [5.41, 5.74) is -6.15. The van der Waals surface area contributed by atoms with E-state index in [1.54, 1.807) is 5.01 Å². The van der Waals surface area contributed by atoms with Crippen LogP contribution in [-0.2, 0) is 19.6 Å². The predicted molar refractivity (Wildman–Crippen MR) is 290 cm³/mol. The lowest BCUT2D eigenvalue weighted by molar-refractivity contribution is 0.0729. The molecule has 0 aliphatic carbocycles. The van der Waals surface area contributed by atoms with E-state index in [-0.39, 0.29) is 97.5 Å². The standard InChI is InChI=1S/C18H15ClF2N4O5.C18H16F2N4O5.C18H17FN4O5/c1-23-6-24-5-10(26)13-11(15(27)16(28)14(18(23)30)25(13)24)17(29)22-4-7-9(20)3-2-8(19)12(7)21;1-22-7-23-6-11(25)13-12(15(26)16(27)14(18(22)29)24(13)23)17(28)21-5-8-2-3-9(19)4-10(8)20;1-21-8-22-7-11(24)13-12(15(25)16(26)14(18(21)28)23(13)22)17(27)20-6-9-2-4-10(19)5-3-9/h2-3,10,26,28H,4-6H2,1H3,(H,22,29);2-4,11,25,27H,5-7H2,1H3,(H,21,28);2-5,11,24,26H,6-8H2,1H3,(H,20,27). The molecule has 3 aromatic heterocycles. The fourth-order valence-electron chi connectivity index (χ4n) is 10.8. The minimum Gasteiger partial charge on any atom is -0.502 e. The molecule has 0 fully saturated rings.